The molecule has 2 aromatic carbocycles. The lowest BCUT2D eigenvalue weighted by atomic mass is 9.93. The van der Waals surface area contributed by atoms with Gasteiger partial charge in [-0.25, -0.2) is 9.59 Å². The quantitative estimate of drug-likeness (QED) is 0.675. The monoisotopic (exact) mass is 298 g/mol. The summed E-state index contributed by atoms with van der Waals surface area (Å²) in [5, 5.41) is 5.34. The average molecular weight is 298 g/mol. The number of rotatable bonds is 5. The number of benzene rings is 2. The number of nitrogens with one attached hydrogen (secondary N) is 2. The van der Waals surface area contributed by atoms with Gasteiger partial charge in [-0.05, 0) is 11.1 Å². The molecule has 2 rings (SSSR count). The maximum Gasteiger partial charge on any atom is 0.312 e. The van der Waals surface area contributed by atoms with E-state index in [4.69, 9.17) is 11.5 Å². The van der Waals surface area contributed by atoms with Crippen LogP contribution in [-0.2, 0) is 0 Å². The molecule has 0 spiro atoms. The first-order valence-corrected chi connectivity index (χ1v) is 6.79. The molecule has 6 heteroatoms. The molecule has 0 aromatic heterocycles. The van der Waals surface area contributed by atoms with E-state index in [0.717, 1.165) is 11.1 Å². The lowest BCUT2D eigenvalue weighted by Gasteiger charge is -2.28. The van der Waals surface area contributed by atoms with E-state index in [2.05, 4.69) is 10.6 Å². The zero-order valence-corrected chi connectivity index (χ0v) is 11.9. The Hall–Kier alpha value is -3.02. The average Bonchev–Trinajstić information content (AvgIpc) is 2.52. The Balaban J connectivity index is 2.43. The standard InChI is InChI=1S/C16H18N4O2/c17-15(21)19-13(11-7-3-1-4-8-11)14(20-16(18)22)12-9-5-2-6-10-12/h1-10,13-14H,(H3,17,19,21)(H3,18,20,22). The van der Waals surface area contributed by atoms with Gasteiger partial charge in [-0.15, -0.1) is 0 Å². The molecule has 2 unspecified atom stereocenters. The van der Waals surface area contributed by atoms with E-state index in [-0.39, 0.29) is 0 Å². The van der Waals surface area contributed by atoms with Crippen LogP contribution >= 0.6 is 0 Å². The molecule has 0 heterocycles. The zero-order chi connectivity index (χ0) is 15.9. The van der Waals surface area contributed by atoms with Crippen LogP contribution in [0, 0.1) is 0 Å². The maximum atomic E-state index is 11.4. The summed E-state index contributed by atoms with van der Waals surface area (Å²) in [6.45, 7) is 0. The lowest BCUT2D eigenvalue weighted by Crippen LogP contribution is -2.44. The van der Waals surface area contributed by atoms with Crippen molar-refractivity contribution in [2.75, 3.05) is 0 Å². The third-order valence-electron chi connectivity index (χ3n) is 3.25. The molecular weight excluding hydrogens is 280 g/mol. The fraction of sp³-hybridized carbons (Fsp3) is 0.125. The lowest BCUT2D eigenvalue weighted by molar-refractivity contribution is 0.233. The van der Waals surface area contributed by atoms with Crippen molar-refractivity contribution in [3.63, 3.8) is 0 Å². The first-order chi connectivity index (χ1) is 10.6. The molecular formula is C16H18N4O2. The molecule has 2 aromatic rings. The SMILES string of the molecule is NC(=O)NC(c1ccccc1)C(NC(N)=O)c1ccccc1. The number of urea groups is 2. The van der Waals surface area contributed by atoms with Gasteiger partial charge in [-0.1, -0.05) is 60.7 Å². The first kappa shape index (κ1) is 15.4. The molecule has 0 radical (unpaired) electrons. The van der Waals surface area contributed by atoms with Crippen molar-refractivity contribution >= 4 is 12.1 Å². The van der Waals surface area contributed by atoms with Crippen LogP contribution in [0.2, 0.25) is 0 Å². The smallest absolute Gasteiger partial charge is 0.312 e. The van der Waals surface area contributed by atoms with Gasteiger partial charge in [-0.3, -0.25) is 0 Å². The van der Waals surface area contributed by atoms with E-state index in [1.54, 1.807) is 0 Å². The Kier molecular flexibility index (Phi) is 4.98. The fourth-order valence-corrected chi connectivity index (χ4v) is 2.35. The second-order valence-corrected chi connectivity index (χ2v) is 4.79. The van der Waals surface area contributed by atoms with Crippen LogP contribution in [0.5, 0.6) is 0 Å². The molecule has 0 fully saturated rings. The topological polar surface area (TPSA) is 110 Å². The Morgan fingerprint density at radius 2 is 1.00 bits per heavy atom. The predicted octanol–water partition coefficient (Wildman–Crippen LogP) is 1.81. The largest absolute Gasteiger partial charge is 0.352 e. The fourth-order valence-electron chi connectivity index (χ4n) is 2.35. The number of primary amides is 2. The molecule has 22 heavy (non-hydrogen) atoms. The molecule has 6 N–H and O–H groups in total. The van der Waals surface area contributed by atoms with E-state index in [1.807, 2.05) is 60.7 Å². The van der Waals surface area contributed by atoms with Crippen molar-refractivity contribution in [3.05, 3.63) is 71.8 Å². The first-order valence-electron chi connectivity index (χ1n) is 6.79. The van der Waals surface area contributed by atoms with Crippen LogP contribution in [-0.4, -0.2) is 12.1 Å². The van der Waals surface area contributed by atoms with Crippen LogP contribution < -0.4 is 22.1 Å². The van der Waals surface area contributed by atoms with Crippen LogP contribution in [0.15, 0.2) is 60.7 Å². The Bertz CT molecular complexity index is 574. The second kappa shape index (κ2) is 7.12. The van der Waals surface area contributed by atoms with Crippen molar-refractivity contribution in [2.45, 2.75) is 12.1 Å². The van der Waals surface area contributed by atoms with Gasteiger partial charge in [-0.2, -0.15) is 0 Å². The molecule has 4 amide bonds. The molecule has 0 bridgehead atoms. The summed E-state index contributed by atoms with van der Waals surface area (Å²) >= 11 is 0. The summed E-state index contributed by atoms with van der Waals surface area (Å²) in [6.07, 6.45) is 0. The number of hydrogen-bond acceptors (Lipinski definition) is 2. The number of carbonyl (C=O) groups is 2. The van der Waals surface area contributed by atoms with Crippen LogP contribution in [0.25, 0.3) is 0 Å². The number of amides is 4. The molecule has 2 atom stereocenters. The van der Waals surface area contributed by atoms with Crippen molar-refractivity contribution in [1.82, 2.24) is 10.6 Å². The van der Waals surface area contributed by atoms with Gasteiger partial charge >= 0.3 is 12.1 Å². The van der Waals surface area contributed by atoms with Gasteiger partial charge in [0.15, 0.2) is 0 Å². The zero-order valence-electron chi connectivity index (χ0n) is 11.9. The third kappa shape index (κ3) is 3.99. The van der Waals surface area contributed by atoms with Gasteiger partial charge in [0.25, 0.3) is 0 Å². The molecule has 114 valence electrons. The molecule has 0 aliphatic carbocycles. The van der Waals surface area contributed by atoms with Crippen LogP contribution in [0.3, 0.4) is 0 Å². The minimum absolute atomic E-state index is 0.534. The Morgan fingerprint density at radius 3 is 1.27 bits per heavy atom. The second-order valence-electron chi connectivity index (χ2n) is 4.79. The number of carbonyl (C=O) groups excluding carboxylic acids is 2. The summed E-state index contributed by atoms with van der Waals surface area (Å²) in [5.41, 5.74) is 12.2. The van der Waals surface area contributed by atoms with Crippen LogP contribution in [0.1, 0.15) is 23.2 Å². The van der Waals surface area contributed by atoms with E-state index < -0.39 is 24.1 Å². The van der Waals surface area contributed by atoms with Gasteiger partial charge in [0.1, 0.15) is 0 Å². The van der Waals surface area contributed by atoms with Crippen molar-refractivity contribution in [3.8, 4) is 0 Å². The summed E-state index contributed by atoms with van der Waals surface area (Å²) < 4.78 is 0. The molecule has 0 saturated carbocycles. The summed E-state index contributed by atoms with van der Waals surface area (Å²) in [6, 6.07) is 16.1. The van der Waals surface area contributed by atoms with E-state index in [1.165, 1.54) is 0 Å². The minimum Gasteiger partial charge on any atom is -0.352 e. The highest BCUT2D eigenvalue weighted by Gasteiger charge is 2.26. The summed E-state index contributed by atoms with van der Waals surface area (Å²) in [7, 11) is 0. The van der Waals surface area contributed by atoms with E-state index in [0.29, 0.717) is 0 Å². The Labute approximate surface area is 128 Å². The number of hydrogen-bond donors (Lipinski definition) is 4. The van der Waals surface area contributed by atoms with Gasteiger partial charge in [0.05, 0.1) is 12.1 Å². The highest BCUT2D eigenvalue weighted by atomic mass is 16.2. The highest BCUT2D eigenvalue weighted by molar-refractivity contribution is 5.74. The maximum absolute atomic E-state index is 11.4. The van der Waals surface area contributed by atoms with Gasteiger partial charge in [0.2, 0.25) is 0 Å². The van der Waals surface area contributed by atoms with E-state index in [9.17, 15) is 9.59 Å². The van der Waals surface area contributed by atoms with Crippen LogP contribution in [0.4, 0.5) is 9.59 Å². The van der Waals surface area contributed by atoms with Crippen molar-refractivity contribution in [1.29, 1.82) is 0 Å². The van der Waals surface area contributed by atoms with Crippen molar-refractivity contribution < 1.29 is 9.59 Å². The minimum atomic E-state index is -0.680. The van der Waals surface area contributed by atoms with Crippen molar-refractivity contribution in [2.24, 2.45) is 11.5 Å². The molecule has 0 saturated heterocycles. The number of nitrogens with two attached hydrogens (primary N) is 2. The van der Waals surface area contributed by atoms with E-state index >= 15 is 0 Å². The summed E-state index contributed by atoms with van der Waals surface area (Å²) in [5.74, 6) is 0. The van der Waals surface area contributed by atoms with Gasteiger partial charge in [0, 0.05) is 0 Å². The third-order valence-corrected chi connectivity index (χ3v) is 3.25. The molecule has 0 aliphatic rings. The molecule has 0 aliphatic heterocycles. The highest BCUT2D eigenvalue weighted by Crippen LogP contribution is 2.28. The van der Waals surface area contributed by atoms with Gasteiger partial charge < -0.3 is 22.1 Å². The normalized spacial score (nSPS) is 12.9. The molecule has 6 nitrogen and oxygen atoms in total. The summed E-state index contributed by atoms with van der Waals surface area (Å²) in [4.78, 5) is 22.7. The predicted molar refractivity (Wildman–Crippen MR) is 83.8 cm³/mol. The Morgan fingerprint density at radius 1 is 0.682 bits per heavy atom.